The highest BCUT2D eigenvalue weighted by Crippen LogP contribution is 2.30. The maximum atomic E-state index is 12.4. The van der Waals surface area contributed by atoms with Gasteiger partial charge >= 0.3 is 12.1 Å². The van der Waals surface area contributed by atoms with Crippen LogP contribution in [-0.2, 0) is 15.8 Å². The van der Waals surface area contributed by atoms with Gasteiger partial charge in [0.1, 0.15) is 6.42 Å². The van der Waals surface area contributed by atoms with Gasteiger partial charge in [-0.25, -0.2) is 0 Å². The van der Waals surface area contributed by atoms with Gasteiger partial charge in [-0.15, -0.1) is 0 Å². The molecule has 0 aliphatic carbocycles. The zero-order valence-electron chi connectivity index (χ0n) is 9.12. The van der Waals surface area contributed by atoms with Crippen LogP contribution in [0.4, 0.5) is 18.9 Å². The molecule has 1 aromatic carbocycles. The standard InChI is InChI=1S/C11H10F3NO3/c12-11(13,14)7-2-1-3-8(4-7)15-6-9(16)5-10(17)18/h1-4,15H,5-6H2,(H,17,18). The summed E-state index contributed by atoms with van der Waals surface area (Å²) in [4.78, 5) is 21.3. The van der Waals surface area contributed by atoms with E-state index < -0.39 is 29.9 Å². The molecule has 7 heteroatoms. The van der Waals surface area contributed by atoms with Gasteiger partial charge in [-0.05, 0) is 18.2 Å². The highest BCUT2D eigenvalue weighted by atomic mass is 19.4. The Bertz CT molecular complexity index is 457. The summed E-state index contributed by atoms with van der Waals surface area (Å²) >= 11 is 0. The van der Waals surface area contributed by atoms with E-state index in [4.69, 9.17) is 5.11 Å². The molecule has 0 bridgehead atoms. The van der Waals surface area contributed by atoms with E-state index in [2.05, 4.69) is 5.32 Å². The third kappa shape index (κ3) is 4.44. The van der Waals surface area contributed by atoms with Gasteiger partial charge < -0.3 is 10.4 Å². The summed E-state index contributed by atoms with van der Waals surface area (Å²) in [5.41, 5.74) is -0.721. The van der Waals surface area contributed by atoms with Gasteiger partial charge in [-0.2, -0.15) is 13.2 Å². The van der Waals surface area contributed by atoms with Gasteiger partial charge in [0.05, 0.1) is 12.1 Å². The van der Waals surface area contributed by atoms with Crippen LogP contribution in [0, 0.1) is 0 Å². The summed E-state index contributed by atoms with van der Waals surface area (Å²) in [6, 6.07) is 4.33. The van der Waals surface area contributed by atoms with Crippen molar-refractivity contribution >= 4 is 17.4 Å². The molecule has 4 nitrogen and oxygen atoms in total. The molecule has 0 aliphatic heterocycles. The number of rotatable bonds is 5. The minimum atomic E-state index is -4.46. The van der Waals surface area contributed by atoms with Crippen molar-refractivity contribution in [3.05, 3.63) is 29.8 Å². The van der Waals surface area contributed by atoms with Gasteiger partial charge in [-0.3, -0.25) is 9.59 Å². The maximum absolute atomic E-state index is 12.4. The number of carbonyl (C=O) groups is 2. The lowest BCUT2D eigenvalue weighted by Gasteiger charge is -2.09. The second-order valence-corrected chi connectivity index (χ2v) is 3.54. The van der Waals surface area contributed by atoms with Crippen LogP contribution in [-0.4, -0.2) is 23.4 Å². The zero-order valence-corrected chi connectivity index (χ0v) is 9.12. The molecule has 2 N–H and O–H groups in total. The lowest BCUT2D eigenvalue weighted by Crippen LogP contribution is -2.17. The third-order valence-corrected chi connectivity index (χ3v) is 2.03. The molecule has 1 aromatic rings. The first-order chi connectivity index (χ1) is 8.29. The fraction of sp³-hybridized carbons (Fsp3) is 0.273. The van der Waals surface area contributed by atoms with E-state index in [0.717, 1.165) is 12.1 Å². The molecule has 1 rings (SSSR count). The minimum Gasteiger partial charge on any atom is -0.481 e. The van der Waals surface area contributed by atoms with Crippen LogP contribution in [0.15, 0.2) is 24.3 Å². The van der Waals surface area contributed by atoms with Crippen LogP contribution < -0.4 is 5.32 Å². The van der Waals surface area contributed by atoms with Crippen molar-refractivity contribution in [2.75, 3.05) is 11.9 Å². The number of alkyl halides is 3. The molecule has 0 aliphatic rings. The van der Waals surface area contributed by atoms with Crippen molar-refractivity contribution in [1.29, 1.82) is 0 Å². The van der Waals surface area contributed by atoms with Crippen LogP contribution in [0.25, 0.3) is 0 Å². The van der Waals surface area contributed by atoms with Crippen molar-refractivity contribution in [3.8, 4) is 0 Å². The van der Waals surface area contributed by atoms with E-state index in [9.17, 15) is 22.8 Å². The Labute approximate surface area is 100 Å². The molecule has 98 valence electrons. The van der Waals surface area contributed by atoms with Crippen molar-refractivity contribution in [3.63, 3.8) is 0 Å². The molecule has 0 amide bonds. The first kappa shape index (κ1) is 14.0. The number of aliphatic carboxylic acids is 1. The fourth-order valence-electron chi connectivity index (χ4n) is 1.24. The van der Waals surface area contributed by atoms with Crippen molar-refractivity contribution in [2.45, 2.75) is 12.6 Å². The molecule has 0 spiro atoms. The smallest absolute Gasteiger partial charge is 0.416 e. The Hall–Kier alpha value is -2.05. The fourth-order valence-corrected chi connectivity index (χ4v) is 1.24. The molecule has 0 fully saturated rings. The number of Topliss-reactive ketones (excluding diaryl/α,β-unsaturated/α-hetero) is 1. The lowest BCUT2D eigenvalue weighted by atomic mass is 10.2. The normalized spacial score (nSPS) is 11.1. The summed E-state index contributed by atoms with van der Waals surface area (Å²) in [6.07, 6.45) is -5.12. The van der Waals surface area contributed by atoms with Crippen molar-refractivity contribution in [1.82, 2.24) is 0 Å². The van der Waals surface area contributed by atoms with Gasteiger partial charge in [-0.1, -0.05) is 6.07 Å². The highest BCUT2D eigenvalue weighted by Gasteiger charge is 2.30. The number of ketones is 1. The third-order valence-electron chi connectivity index (χ3n) is 2.03. The van der Waals surface area contributed by atoms with E-state index in [0.29, 0.717) is 0 Å². The molecule has 0 heterocycles. The SMILES string of the molecule is O=C(O)CC(=O)CNc1cccc(C(F)(F)F)c1. The maximum Gasteiger partial charge on any atom is 0.416 e. The second kappa shape index (κ2) is 5.52. The molecule has 0 atom stereocenters. The number of hydrogen-bond acceptors (Lipinski definition) is 3. The van der Waals surface area contributed by atoms with Gasteiger partial charge in [0.15, 0.2) is 5.78 Å². The van der Waals surface area contributed by atoms with E-state index in [1.807, 2.05) is 0 Å². The minimum absolute atomic E-state index is 0.114. The number of hydrogen-bond donors (Lipinski definition) is 2. The molecule has 0 saturated heterocycles. The monoisotopic (exact) mass is 261 g/mol. The van der Waals surface area contributed by atoms with Gasteiger partial charge in [0.2, 0.25) is 0 Å². The molecule has 0 unspecified atom stereocenters. The van der Waals surface area contributed by atoms with Crippen LogP contribution in [0.2, 0.25) is 0 Å². The molecular formula is C11H10F3NO3. The average molecular weight is 261 g/mol. The molecule has 0 aromatic heterocycles. The highest BCUT2D eigenvalue weighted by molar-refractivity contribution is 5.96. The summed E-state index contributed by atoms with van der Waals surface area (Å²) in [5, 5.41) is 10.8. The average Bonchev–Trinajstić information content (AvgIpc) is 2.25. The first-order valence-electron chi connectivity index (χ1n) is 4.93. The lowest BCUT2D eigenvalue weighted by molar-refractivity contribution is -0.140. The van der Waals surface area contributed by atoms with Crippen molar-refractivity contribution in [2.24, 2.45) is 0 Å². The largest absolute Gasteiger partial charge is 0.481 e. The van der Waals surface area contributed by atoms with Crippen molar-refractivity contribution < 1.29 is 27.9 Å². The number of halogens is 3. The number of nitrogens with one attached hydrogen (secondary N) is 1. The number of carbonyl (C=O) groups excluding carboxylic acids is 1. The van der Waals surface area contributed by atoms with E-state index in [1.54, 1.807) is 0 Å². The zero-order chi connectivity index (χ0) is 13.8. The molecule has 0 saturated carbocycles. The Balaban J connectivity index is 2.63. The predicted molar refractivity (Wildman–Crippen MR) is 57.2 cm³/mol. The van der Waals surface area contributed by atoms with Crippen LogP contribution in [0.3, 0.4) is 0 Å². The van der Waals surface area contributed by atoms with Crippen LogP contribution in [0.5, 0.6) is 0 Å². The Morgan fingerprint density at radius 2 is 1.94 bits per heavy atom. The number of carboxylic acids is 1. The molecule has 0 radical (unpaired) electrons. The number of benzene rings is 1. The van der Waals surface area contributed by atoms with E-state index >= 15 is 0 Å². The predicted octanol–water partition coefficient (Wildman–Crippen LogP) is 2.16. The molecular weight excluding hydrogens is 251 g/mol. The van der Waals surface area contributed by atoms with E-state index in [1.165, 1.54) is 12.1 Å². The van der Waals surface area contributed by atoms with E-state index in [-0.39, 0.29) is 12.2 Å². The Morgan fingerprint density at radius 1 is 1.28 bits per heavy atom. The summed E-state index contributed by atoms with van der Waals surface area (Å²) in [6.45, 7) is -0.326. The van der Waals surface area contributed by atoms with Crippen LogP contribution >= 0.6 is 0 Å². The molecule has 18 heavy (non-hydrogen) atoms. The summed E-state index contributed by atoms with van der Waals surface area (Å²) < 4.78 is 37.1. The first-order valence-corrected chi connectivity index (χ1v) is 4.93. The van der Waals surface area contributed by atoms with Crippen LogP contribution in [0.1, 0.15) is 12.0 Å². The van der Waals surface area contributed by atoms with Gasteiger partial charge in [0.25, 0.3) is 0 Å². The summed E-state index contributed by atoms with van der Waals surface area (Å²) in [7, 11) is 0. The summed E-state index contributed by atoms with van der Waals surface area (Å²) in [5.74, 6) is -1.88. The quantitative estimate of drug-likeness (QED) is 0.797. The number of carboxylic acid groups (broad SMARTS) is 1. The number of anilines is 1. The Kier molecular flexibility index (Phi) is 4.30. The topological polar surface area (TPSA) is 66.4 Å². The second-order valence-electron chi connectivity index (χ2n) is 3.54. The van der Waals surface area contributed by atoms with Gasteiger partial charge in [0, 0.05) is 5.69 Å². The Morgan fingerprint density at radius 3 is 2.50 bits per heavy atom.